The summed E-state index contributed by atoms with van der Waals surface area (Å²) in [5, 5.41) is 44.6. The number of hydrogen-bond donors (Lipinski definition) is 5. The normalized spacial score (nSPS) is 49.2. The summed E-state index contributed by atoms with van der Waals surface area (Å²) in [6, 6.07) is 0. The third-order valence-electron chi connectivity index (χ3n) is 1.87. The molecule has 12 heavy (non-hydrogen) atoms. The Hall–Kier alpha value is 0.150. The van der Waals surface area contributed by atoms with E-state index < -0.39 is 29.0 Å². The highest BCUT2D eigenvalue weighted by Gasteiger charge is 2.42. The fourth-order valence-electron chi connectivity index (χ4n) is 1.08. The van der Waals surface area contributed by atoms with Crippen LogP contribution in [-0.2, 0) is 0 Å². The molecule has 6 heteroatoms. The maximum absolute atomic E-state index is 9.22. The first-order valence-corrected chi connectivity index (χ1v) is 4.50. The quantitative estimate of drug-likeness (QED) is 0.318. The van der Waals surface area contributed by atoms with Gasteiger partial charge in [-0.05, 0) is 0 Å². The Bertz CT molecular complexity index is 150. The van der Waals surface area contributed by atoms with Gasteiger partial charge in [0.25, 0.3) is 0 Å². The molecule has 1 rings (SSSR count). The smallest absolute Gasteiger partial charge is 0.128 e. The first-order valence-electron chi connectivity index (χ1n) is 3.56. The van der Waals surface area contributed by atoms with Crippen LogP contribution in [0.2, 0.25) is 0 Å². The molecule has 1 heterocycles. The van der Waals surface area contributed by atoms with Crippen molar-refractivity contribution in [1.29, 1.82) is 0 Å². The van der Waals surface area contributed by atoms with Gasteiger partial charge in [0.15, 0.2) is 0 Å². The van der Waals surface area contributed by atoms with Crippen LogP contribution in [0, 0.1) is 0 Å². The number of thioether (sulfide) groups is 1. The number of hydrogen-bond acceptors (Lipinski definition) is 6. The van der Waals surface area contributed by atoms with E-state index in [-0.39, 0.29) is 6.61 Å². The summed E-state index contributed by atoms with van der Waals surface area (Å²) < 4.78 is 0. The lowest BCUT2D eigenvalue weighted by Crippen LogP contribution is -2.53. The van der Waals surface area contributed by atoms with E-state index >= 15 is 0 Å². The Labute approximate surface area is 73.7 Å². The molecule has 1 fully saturated rings. The molecule has 0 aromatic rings. The van der Waals surface area contributed by atoms with Gasteiger partial charge in [-0.15, -0.1) is 11.8 Å². The molecule has 0 aromatic carbocycles. The van der Waals surface area contributed by atoms with Crippen molar-refractivity contribution in [2.45, 2.75) is 29.0 Å². The van der Waals surface area contributed by atoms with Gasteiger partial charge in [0, 0.05) is 0 Å². The second kappa shape index (κ2) is 3.91. The summed E-state index contributed by atoms with van der Waals surface area (Å²) in [7, 11) is 0. The zero-order chi connectivity index (χ0) is 9.30. The van der Waals surface area contributed by atoms with Crippen molar-refractivity contribution < 1.29 is 25.5 Å². The third kappa shape index (κ3) is 1.73. The Morgan fingerprint density at radius 3 is 2.00 bits per heavy atom. The molecule has 1 saturated heterocycles. The van der Waals surface area contributed by atoms with Crippen LogP contribution in [0.1, 0.15) is 0 Å². The van der Waals surface area contributed by atoms with Crippen molar-refractivity contribution in [3.05, 3.63) is 0 Å². The van der Waals surface area contributed by atoms with Crippen molar-refractivity contribution in [3.63, 3.8) is 0 Å². The first-order chi connectivity index (χ1) is 5.57. The molecule has 72 valence electrons. The van der Waals surface area contributed by atoms with Crippen LogP contribution in [-0.4, -0.2) is 61.1 Å². The molecular weight excluding hydrogens is 184 g/mol. The summed E-state index contributed by atoms with van der Waals surface area (Å²) in [4.78, 5) is 0. The highest BCUT2D eigenvalue weighted by Crippen LogP contribution is 2.30. The van der Waals surface area contributed by atoms with Gasteiger partial charge in [0.1, 0.15) is 17.6 Å². The predicted octanol–water partition coefficient (Wildman–Crippen LogP) is -2.50. The van der Waals surface area contributed by atoms with E-state index in [9.17, 15) is 5.11 Å². The molecule has 0 aliphatic carbocycles. The molecular formula is C6H12O5S. The van der Waals surface area contributed by atoms with E-state index in [0.717, 1.165) is 11.8 Å². The minimum atomic E-state index is -1.39. The van der Waals surface area contributed by atoms with Crippen molar-refractivity contribution >= 4 is 11.8 Å². The van der Waals surface area contributed by atoms with Crippen LogP contribution in [0.3, 0.4) is 0 Å². The van der Waals surface area contributed by atoms with Crippen molar-refractivity contribution in [3.8, 4) is 0 Å². The molecule has 0 saturated carbocycles. The highest BCUT2D eigenvalue weighted by atomic mass is 32.2. The van der Waals surface area contributed by atoms with Crippen molar-refractivity contribution in [2.75, 3.05) is 6.61 Å². The molecule has 1 aliphatic rings. The molecule has 5 N–H and O–H groups in total. The lowest BCUT2D eigenvalue weighted by atomic mass is 10.0. The molecule has 0 spiro atoms. The van der Waals surface area contributed by atoms with Crippen molar-refractivity contribution in [1.82, 2.24) is 0 Å². The molecule has 0 radical (unpaired) electrons. The summed E-state index contributed by atoms with van der Waals surface area (Å²) in [6.45, 7) is -0.341. The minimum Gasteiger partial charge on any atom is -0.395 e. The van der Waals surface area contributed by atoms with Gasteiger partial charge in [-0.3, -0.25) is 0 Å². The van der Waals surface area contributed by atoms with E-state index in [1.807, 2.05) is 0 Å². The Balaban J connectivity index is 2.63. The van der Waals surface area contributed by atoms with Gasteiger partial charge in [-0.2, -0.15) is 0 Å². The lowest BCUT2D eigenvalue weighted by molar-refractivity contribution is -0.0953. The van der Waals surface area contributed by atoms with Crippen LogP contribution in [0.4, 0.5) is 0 Å². The van der Waals surface area contributed by atoms with Gasteiger partial charge in [-0.25, -0.2) is 0 Å². The van der Waals surface area contributed by atoms with Crippen LogP contribution in [0.25, 0.3) is 0 Å². The van der Waals surface area contributed by atoms with E-state index in [2.05, 4.69) is 0 Å². The molecule has 0 amide bonds. The topological polar surface area (TPSA) is 101 Å². The standard InChI is InChI=1S/C6H12O5S/c7-1-2-3(8)4(9)5(10)6(11)12-2/h2-11H,1H2/t2?,3-,4?,5?,6?/m0/s1. The zero-order valence-electron chi connectivity index (χ0n) is 6.24. The van der Waals surface area contributed by atoms with Crippen LogP contribution >= 0.6 is 11.8 Å². The highest BCUT2D eigenvalue weighted by molar-refractivity contribution is 8.00. The average Bonchev–Trinajstić information content (AvgIpc) is 2.08. The summed E-state index contributed by atoms with van der Waals surface area (Å²) >= 11 is 0.852. The Kier molecular flexibility index (Phi) is 3.33. The number of aliphatic hydroxyl groups excluding tert-OH is 5. The zero-order valence-corrected chi connectivity index (χ0v) is 7.05. The SMILES string of the molecule is OCC1SC(O)C(O)C(O)[C@H]1O. The maximum atomic E-state index is 9.22. The largest absolute Gasteiger partial charge is 0.395 e. The first kappa shape index (κ1) is 10.2. The molecule has 4 unspecified atom stereocenters. The molecule has 5 nitrogen and oxygen atoms in total. The predicted molar refractivity (Wildman–Crippen MR) is 42.5 cm³/mol. The third-order valence-corrected chi connectivity index (χ3v) is 3.20. The van der Waals surface area contributed by atoms with E-state index in [0.29, 0.717) is 0 Å². The molecule has 1 aliphatic heterocycles. The number of rotatable bonds is 1. The van der Waals surface area contributed by atoms with E-state index in [1.54, 1.807) is 0 Å². The van der Waals surface area contributed by atoms with E-state index in [1.165, 1.54) is 0 Å². The van der Waals surface area contributed by atoms with Gasteiger partial charge in [0.2, 0.25) is 0 Å². The van der Waals surface area contributed by atoms with Gasteiger partial charge in [-0.1, -0.05) is 0 Å². The van der Waals surface area contributed by atoms with Crippen molar-refractivity contribution in [2.24, 2.45) is 0 Å². The fourth-order valence-corrected chi connectivity index (χ4v) is 2.17. The Morgan fingerprint density at radius 1 is 0.917 bits per heavy atom. The molecule has 0 bridgehead atoms. The summed E-state index contributed by atoms with van der Waals surface area (Å²) in [6.07, 6.45) is -3.94. The van der Waals surface area contributed by atoms with Gasteiger partial charge < -0.3 is 25.5 Å². The van der Waals surface area contributed by atoms with Crippen LogP contribution < -0.4 is 0 Å². The minimum absolute atomic E-state index is 0.341. The fraction of sp³-hybridized carbons (Fsp3) is 1.00. The maximum Gasteiger partial charge on any atom is 0.128 e. The van der Waals surface area contributed by atoms with Crippen LogP contribution in [0.15, 0.2) is 0 Å². The lowest BCUT2D eigenvalue weighted by Gasteiger charge is -2.36. The average molecular weight is 196 g/mol. The Morgan fingerprint density at radius 2 is 1.50 bits per heavy atom. The molecule has 0 aromatic heterocycles. The van der Waals surface area contributed by atoms with Gasteiger partial charge in [0.05, 0.1) is 18.0 Å². The monoisotopic (exact) mass is 196 g/mol. The summed E-state index contributed by atoms with van der Waals surface area (Å²) in [5.74, 6) is 0. The van der Waals surface area contributed by atoms with Crippen LogP contribution in [0.5, 0.6) is 0 Å². The second-order valence-corrected chi connectivity index (χ2v) is 4.08. The second-order valence-electron chi connectivity index (χ2n) is 2.72. The summed E-state index contributed by atoms with van der Waals surface area (Å²) in [5.41, 5.74) is -1.15. The number of aliphatic hydroxyl groups is 5. The molecule has 5 atom stereocenters. The van der Waals surface area contributed by atoms with E-state index in [4.69, 9.17) is 20.4 Å². The van der Waals surface area contributed by atoms with Gasteiger partial charge >= 0.3 is 0 Å².